The van der Waals surface area contributed by atoms with Crippen LogP contribution in [0.25, 0.3) is 11.0 Å². The number of carboxylic acid groups (broad SMARTS) is 1. The van der Waals surface area contributed by atoms with E-state index < -0.39 is 43.5 Å². The Bertz CT molecular complexity index is 1720. The minimum absolute atomic E-state index is 0. The number of nitrogens with zero attached hydrogens (tertiary/aromatic N) is 3. The second-order valence-corrected chi connectivity index (χ2v) is 11.1. The number of hydrogen-bond donors (Lipinski definition) is 1. The van der Waals surface area contributed by atoms with Crippen molar-refractivity contribution < 1.29 is 76.5 Å². The Morgan fingerprint density at radius 3 is 2.50 bits per heavy atom. The summed E-state index contributed by atoms with van der Waals surface area (Å²) in [6.45, 7) is -1.74. The van der Waals surface area contributed by atoms with Gasteiger partial charge in [0.2, 0.25) is 5.16 Å². The van der Waals surface area contributed by atoms with Gasteiger partial charge in [-0.05, 0) is 36.8 Å². The largest absolute Gasteiger partial charge is 1.00 e. The van der Waals surface area contributed by atoms with Crippen LogP contribution in [-0.2, 0) is 26.6 Å². The molecule has 0 aliphatic carbocycles. The molecule has 0 radical (unpaired) electrons. The molecule has 1 N–H and O–H groups in total. The summed E-state index contributed by atoms with van der Waals surface area (Å²) >= 11 is 0. The molecule has 0 fully saturated rings. The van der Waals surface area contributed by atoms with E-state index in [-0.39, 0.29) is 76.1 Å². The monoisotopic (exact) mass is 605 g/mol. The Morgan fingerprint density at radius 1 is 1.15 bits per heavy atom. The van der Waals surface area contributed by atoms with Crippen molar-refractivity contribution in [1.29, 1.82) is 0 Å². The van der Waals surface area contributed by atoms with Gasteiger partial charge < -0.3 is 20.7 Å². The maximum absolute atomic E-state index is 14.0. The molecule has 1 atom stereocenters. The smallest absolute Gasteiger partial charge is 1.00 e. The van der Waals surface area contributed by atoms with Crippen LogP contribution < -0.4 is 43.8 Å². The fraction of sp³-hybridized carbons (Fsp3) is 0.208. The Balaban J connectivity index is 0.00000294. The maximum Gasteiger partial charge on any atom is 1.00 e. The van der Waals surface area contributed by atoms with Crippen molar-refractivity contribution >= 4 is 37.8 Å². The number of imidazole rings is 1. The van der Waals surface area contributed by atoms with Crippen LogP contribution in [-0.4, -0.2) is 58.5 Å². The standard InChI is InChI=1S/C24H21F2N3O8S2.Na.H/c1-13-4-5-14(22(30)31)10-20(13)39(33,34)29-18-11-15(37-23(25)26)6-7-16(18)28-24(29)38(32)12-17-21(36-3)19(35-2)8-9-27-17;;/h4-11,23H,12H2,1-3H3,(H,30,31);;/q;+1;-1. The van der Waals surface area contributed by atoms with Gasteiger partial charge in [-0.25, -0.2) is 22.2 Å². The molecule has 0 bridgehead atoms. The first kappa shape index (κ1) is 31.4. The molecule has 4 aromatic rings. The predicted octanol–water partition coefficient (Wildman–Crippen LogP) is 0.718. The van der Waals surface area contributed by atoms with Gasteiger partial charge in [-0.3, -0.25) is 9.19 Å². The molecular formula is C24H22F2N3NaO8S2. The number of fused-ring (bicyclic) bond motifs is 1. The number of hydrogen-bond acceptors (Lipinski definition) is 9. The second-order valence-electron chi connectivity index (χ2n) is 7.96. The molecule has 208 valence electrons. The molecule has 11 nitrogen and oxygen atoms in total. The van der Waals surface area contributed by atoms with Crippen LogP contribution in [0.15, 0.2) is 58.7 Å². The van der Waals surface area contributed by atoms with Crippen molar-refractivity contribution in [2.45, 2.75) is 29.3 Å². The van der Waals surface area contributed by atoms with Crippen molar-refractivity contribution in [3.8, 4) is 17.2 Å². The topological polar surface area (TPSA) is 147 Å². The fourth-order valence-electron chi connectivity index (χ4n) is 3.82. The fourth-order valence-corrected chi connectivity index (χ4v) is 7.02. The molecule has 16 heteroatoms. The zero-order chi connectivity index (χ0) is 28.5. The summed E-state index contributed by atoms with van der Waals surface area (Å²) in [5, 5.41) is 8.96. The van der Waals surface area contributed by atoms with Crippen LogP contribution >= 0.6 is 0 Å². The number of carboxylic acids is 1. The van der Waals surface area contributed by atoms with Crippen molar-refractivity contribution in [1.82, 2.24) is 13.9 Å². The van der Waals surface area contributed by atoms with Crippen LogP contribution in [0.3, 0.4) is 0 Å². The van der Waals surface area contributed by atoms with Crippen molar-refractivity contribution in [3.05, 3.63) is 65.5 Å². The summed E-state index contributed by atoms with van der Waals surface area (Å²) in [6.07, 6.45) is 1.39. The van der Waals surface area contributed by atoms with Gasteiger partial charge in [0.15, 0.2) is 11.5 Å². The summed E-state index contributed by atoms with van der Waals surface area (Å²) in [5.41, 5.74) is -0.131. The van der Waals surface area contributed by atoms with E-state index in [0.29, 0.717) is 9.72 Å². The number of alkyl halides is 2. The summed E-state index contributed by atoms with van der Waals surface area (Å²) < 4.78 is 83.1. The van der Waals surface area contributed by atoms with Crippen LogP contribution in [0.5, 0.6) is 17.2 Å². The van der Waals surface area contributed by atoms with Gasteiger partial charge in [0.05, 0.1) is 58.0 Å². The number of halogens is 2. The number of benzene rings is 2. The number of aryl methyl sites for hydroxylation is 1. The molecule has 0 aliphatic heterocycles. The molecule has 2 aromatic carbocycles. The SMILES string of the molecule is COc1ccnc(CS(=O)c2nc3ccc(OC(F)F)cc3n2S(=O)(=O)c2cc(C(=O)O)ccc2C)c1OC.[H-].[Na+]. The van der Waals surface area contributed by atoms with Crippen LogP contribution in [0.1, 0.15) is 23.0 Å². The third-order valence-corrected chi connectivity index (χ3v) is 8.75. The first-order valence-electron chi connectivity index (χ1n) is 11.0. The van der Waals surface area contributed by atoms with E-state index in [2.05, 4.69) is 14.7 Å². The average Bonchev–Trinajstić information content (AvgIpc) is 3.28. The third-order valence-electron chi connectivity index (χ3n) is 5.57. The summed E-state index contributed by atoms with van der Waals surface area (Å²) in [6, 6.07) is 8.44. The zero-order valence-corrected chi connectivity index (χ0v) is 25.3. The average molecular weight is 606 g/mol. The quantitative estimate of drug-likeness (QED) is 0.257. The zero-order valence-electron chi connectivity index (χ0n) is 22.6. The summed E-state index contributed by atoms with van der Waals surface area (Å²) in [4.78, 5) is 19.5. The molecule has 0 amide bonds. The second kappa shape index (κ2) is 12.6. The first-order valence-corrected chi connectivity index (χ1v) is 13.7. The summed E-state index contributed by atoms with van der Waals surface area (Å²) in [7, 11) is -4.11. The third kappa shape index (κ3) is 6.12. The van der Waals surface area contributed by atoms with Crippen molar-refractivity contribution in [2.24, 2.45) is 0 Å². The number of pyridine rings is 1. The molecule has 0 aliphatic rings. The normalized spacial score (nSPS) is 12.2. The Labute approximate surface area is 253 Å². The van der Waals surface area contributed by atoms with E-state index in [4.69, 9.17) is 9.47 Å². The van der Waals surface area contributed by atoms with Crippen molar-refractivity contribution in [3.63, 3.8) is 0 Å². The molecule has 0 saturated carbocycles. The van der Waals surface area contributed by atoms with E-state index in [1.807, 2.05) is 0 Å². The van der Waals surface area contributed by atoms with E-state index in [1.54, 1.807) is 0 Å². The van der Waals surface area contributed by atoms with Gasteiger partial charge >= 0.3 is 42.1 Å². The van der Waals surface area contributed by atoms with Crippen LogP contribution in [0, 0.1) is 6.92 Å². The van der Waals surface area contributed by atoms with E-state index in [9.17, 15) is 31.3 Å². The number of methoxy groups -OCH3 is 2. The molecule has 2 aromatic heterocycles. The van der Waals surface area contributed by atoms with Gasteiger partial charge in [-0.1, -0.05) is 6.07 Å². The molecule has 0 saturated heterocycles. The molecule has 0 spiro atoms. The first-order chi connectivity index (χ1) is 18.5. The molecule has 40 heavy (non-hydrogen) atoms. The number of aromatic nitrogens is 3. The van der Waals surface area contributed by atoms with E-state index in [0.717, 1.165) is 18.2 Å². The molecular weight excluding hydrogens is 583 g/mol. The maximum atomic E-state index is 14.0. The Kier molecular flexibility index (Phi) is 9.89. The van der Waals surface area contributed by atoms with Gasteiger partial charge in [0.1, 0.15) is 5.75 Å². The minimum atomic E-state index is -4.67. The van der Waals surface area contributed by atoms with Gasteiger partial charge in [-0.15, -0.1) is 0 Å². The number of ether oxygens (including phenoxy) is 3. The number of aromatic carboxylic acids is 1. The number of carbonyl (C=O) groups is 1. The van der Waals surface area contributed by atoms with Crippen LogP contribution in [0.4, 0.5) is 8.78 Å². The predicted molar refractivity (Wildman–Crippen MR) is 136 cm³/mol. The van der Waals surface area contributed by atoms with E-state index in [1.165, 1.54) is 51.6 Å². The van der Waals surface area contributed by atoms with Gasteiger partial charge in [0, 0.05) is 18.3 Å². The van der Waals surface area contributed by atoms with Gasteiger partial charge in [0.25, 0.3) is 10.0 Å². The molecule has 2 heterocycles. The Morgan fingerprint density at radius 2 is 1.88 bits per heavy atom. The summed E-state index contributed by atoms with van der Waals surface area (Å²) in [5.74, 6) is -1.60. The van der Waals surface area contributed by atoms with Crippen LogP contribution in [0.2, 0.25) is 0 Å². The van der Waals surface area contributed by atoms with E-state index >= 15 is 0 Å². The van der Waals surface area contributed by atoms with Crippen molar-refractivity contribution in [2.75, 3.05) is 14.2 Å². The van der Waals surface area contributed by atoms with Gasteiger partial charge in [-0.2, -0.15) is 8.78 Å². The molecule has 1 unspecified atom stereocenters. The number of rotatable bonds is 10. The molecule has 4 rings (SSSR count). The minimum Gasteiger partial charge on any atom is -1.00 e. The Hall–Kier alpha value is -3.11.